The van der Waals surface area contributed by atoms with E-state index in [1.807, 2.05) is 4.90 Å². The third kappa shape index (κ3) is 1.20. The van der Waals surface area contributed by atoms with Gasteiger partial charge < -0.3 is 4.90 Å². The highest BCUT2D eigenvalue weighted by atomic mass is 15.2. The van der Waals surface area contributed by atoms with Gasteiger partial charge in [0.1, 0.15) is 5.84 Å². The van der Waals surface area contributed by atoms with Gasteiger partial charge >= 0.3 is 0 Å². The van der Waals surface area contributed by atoms with Crippen LogP contribution in [0.5, 0.6) is 0 Å². The molecule has 56 valence electrons. The molecule has 0 aliphatic carbocycles. The highest BCUT2D eigenvalue weighted by Crippen LogP contribution is 2.17. The molecule has 0 amide bonds. The lowest BCUT2D eigenvalue weighted by atomic mass is 10.3. The SMILES string of the molecule is CC1=CN(C(C)C)C(=N)C1. The molecule has 2 nitrogen and oxygen atoms in total. The fourth-order valence-electron chi connectivity index (χ4n) is 1.18. The molecule has 2 heteroatoms. The Labute approximate surface area is 62.0 Å². The zero-order valence-corrected chi connectivity index (χ0v) is 6.81. The van der Waals surface area contributed by atoms with Crippen LogP contribution in [0.15, 0.2) is 11.8 Å². The molecular formula is C8H14N2. The quantitative estimate of drug-likeness (QED) is 0.589. The van der Waals surface area contributed by atoms with Gasteiger partial charge in [-0.3, -0.25) is 5.41 Å². The maximum Gasteiger partial charge on any atom is 0.104 e. The lowest BCUT2D eigenvalue weighted by Gasteiger charge is -2.19. The van der Waals surface area contributed by atoms with E-state index < -0.39 is 0 Å². The molecule has 0 spiro atoms. The molecule has 1 aliphatic heterocycles. The van der Waals surface area contributed by atoms with Crippen molar-refractivity contribution in [2.24, 2.45) is 0 Å². The molecule has 0 aromatic carbocycles. The third-order valence-electron chi connectivity index (χ3n) is 1.67. The van der Waals surface area contributed by atoms with Gasteiger partial charge in [0.2, 0.25) is 0 Å². The Hall–Kier alpha value is -0.790. The van der Waals surface area contributed by atoms with Gasteiger partial charge in [-0.25, -0.2) is 0 Å². The van der Waals surface area contributed by atoms with Crippen molar-refractivity contribution in [3.05, 3.63) is 11.8 Å². The number of nitrogens with zero attached hydrogens (tertiary/aromatic N) is 1. The first-order valence-corrected chi connectivity index (χ1v) is 3.64. The van der Waals surface area contributed by atoms with E-state index >= 15 is 0 Å². The number of rotatable bonds is 1. The van der Waals surface area contributed by atoms with E-state index in [0.717, 1.165) is 12.3 Å². The van der Waals surface area contributed by atoms with Crippen LogP contribution < -0.4 is 0 Å². The second kappa shape index (κ2) is 2.45. The van der Waals surface area contributed by atoms with Gasteiger partial charge in [-0.15, -0.1) is 0 Å². The normalized spacial score (nSPS) is 18.6. The van der Waals surface area contributed by atoms with E-state index in [0.29, 0.717) is 6.04 Å². The molecule has 0 unspecified atom stereocenters. The maximum atomic E-state index is 7.54. The van der Waals surface area contributed by atoms with Gasteiger partial charge in [0.05, 0.1) is 0 Å². The van der Waals surface area contributed by atoms with E-state index in [2.05, 4.69) is 27.0 Å². The first-order valence-electron chi connectivity index (χ1n) is 3.64. The lowest BCUT2D eigenvalue weighted by Crippen LogP contribution is -2.27. The lowest BCUT2D eigenvalue weighted by molar-refractivity contribution is 0.461. The standard InChI is InChI=1S/C8H14N2/c1-6(2)10-5-7(3)4-8(10)9/h5-6,9H,4H2,1-3H3. The molecule has 0 saturated carbocycles. The van der Waals surface area contributed by atoms with Crippen LogP contribution in [0.1, 0.15) is 27.2 Å². The number of hydrogen-bond donors (Lipinski definition) is 1. The second-order valence-corrected chi connectivity index (χ2v) is 3.10. The van der Waals surface area contributed by atoms with Gasteiger partial charge in [0, 0.05) is 18.7 Å². The van der Waals surface area contributed by atoms with E-state index in [4.69, 9.17) is 5.41 Å². The van der Waals surface area contributed by atoms with Crippen LogP contribution in [0.3, 0.4) is 0 Å². The van der Waals surface area contributed by atoms with Crippen molar-refractivity contribution in [3.63, 3.8) is 0 Å². The summed E-state index contributed by atoms with van der Waals surface area (Å²) in [5.74, 6) is 0.729. The summed E-state index contributed by atoms with van der Waals surface area (Å²) in [6, 6.07) is 0.435. The second-order valence-electron chi connectivity index (χ2n) is 3.10. The molecule has 1 rings (SSSR count). The summed E-state index contributed by atoms with van der Waals surface area (Å²) in [4.78, 5) is 2.01. The van der Waals surface area contributed by atoms with Gasteiger partial charge in [-0.1, -0.05) is 0 Å². The first-order chi connectivity index (χ1) is 4.61. The Morgan fingerprint density at radius 2 is 2.20 bits per heavy atom. The van der Waals surface area contributed by atoms with Gasteiger partial charge in [-0.2, -0.15) is 0 Å². The molecule has 0 fully saturated rings. The Morgan fingerprint density at radius 1 is 1.60 bits per heavy atom. The summed E-state index contributed by atoms with van der Waals surface area (Å²) in [5.41, 5.74) is 1.29. The van der Waals surface area contributed by atoms with Crippen molar-refractivity contribution in [2.75, 3.05) is 0 Å². The predicted octanol–water partition coefficient (Wildman–Crippen LogP) is 1.98. The van der Waals surface area contributed by atoms with E-state index in [1.54, 1.807) is 0 Å². The Balaban J connectivity index is 2.69. The van der Waals surface area contributed by atoms with E-state index in [1.165, 1.54) is 5.57 Å². The average Bonchev–Trinajstić information content (AvgIpc) is 2.10. The van der Waals surface area contributed by atoms with Crippen LogP contribution in [0.2, 0.25) is 0 Å². The zero-order valence-electron chi connectivity index (χ0n) is 6.81. The van der Waals surface area contributed by atoms with Crippen molar-refractivity contribution in [3.8, 4) is 0 Å². The summed E-state index contributed by atoms with van der Waals surface area (Å²) in [6.45, 7) is 6.27. The van der Waals surface area contributed by atoms with Crippen molar-refractivity contribution in [1.29, 1.82) is 5.41 Å². The van der Waals surface area contributed by atoms with Crippen LogP contribution in [0, 0.1) is 5.41 Å². The van der Waals surface area contributed by atoms with Crippen molar-refractivity contribution >= 4 is 5.84 Å². The monoisotopic (exact) mass is 138 g/mol. The molecular weight excluding hydrogens is 124 g/mol. The van der Waals surface area contributed by atoms with Crippen LogP contribution in [-0.2, 0) is 0 Å². The van der Waals surface area contributed by atoms with E-state index in [-0.39, 0.29) is 0 Å². The van der Waals surface area contributed by atoms with Gasteiger partial charge in [-0.05, 0) is 26.3 Å². The molecule has 0 aromatic rings. The average molecular weight is 138 g/mol. The van der Waals surface area contributed by atoms with Crippen LogP contribution >= 0.6 is 0 Å². The Bertz CT molecular complexity index is 180. The van der Waals surface area contributed by atoms with Crippen molar-refractivity contribution in [1.82, 2.24) is 4.90 Å². The minimum Gasteiger partial charge on any atom is -0.334 e. The first kappa shape index (κ1) is 7.32. The van der Waals surface area contributed by atoms with Crippen molar-refractivity contribution in [2.45, 2.75) is 33.2 Å². The molecule has 0 radical (unpaired) electrons. The largest absolute Gasteiger partial charge is 0.334 e. The zero-order chi connectivity index (χ0) is 7.72. The number of hydrogen-bond acceptors (Lipinski definition) is 1. The van der Waals surface area contributed by atoms with Gasteiger partial charge in [0.25, 0.3) is 0 Å². The Morgan fingerprint density at radius 3 is 2.40 bits per heavy atom. The topological polar surface area (TPSA) is 27.1 Å². The third-order valence-corrected chi connectivity index (χ3v) is 1.67. The van der Waals surface area contributed by atoms with Crippen molar-refractivity contribution < 1.29 is 0 Å². The smallest absolute Gasteiger partial charge is 0.104 e. The summed E-state index contributed by atoms with van der Waals surface area (Å²) in [5, 5.41) is 7.54. The minimum absolute atomic E-state index is 0.435. The van der Waals surface area contributed by atoms with Crippen LogP contribution in [0.4, 0.5) is 0 Å². The van der Waals surface area contributed by atoms with Crippen LogP contribution in [0.25, 0.3) is 0 Å². The number of nitrogens with one attached hydrogen (secondary N) is 1. The summed E-state index contributed by atoms with van der Waals surface area (Å²) < 4.78 is 0. The molecule has 1 heterocycles. The molecule has 0 bridgehead atoms. The molecule has 0 aromatic heterocycles. The van der Waals surface area contributed by atoms with Crippen LogP contribution in [-0.4, -0.2) is 16.8 Å². The molecule has 1 aliphatic rings. The highest BCUT2D eigenvalue weighted by Gasteiger charge is 2.17. The molecule has 0 atom stereocenters. The summed E-state index contributed by atoms with van der Waals surface area (Å²) >= 11 is 0. The summed E-state index contributed by atoms with van der Waals surface area (Å²) in [7, 11) is 0. The minimum atomic E-state index is 0.435. The van der Waals surface area contributed by atoms with E-state index in [9.17, 15) is 0 Å². The fraction of sp³-hybridized carbons (Fsp3) is 0.625. The molecule has 0 saturated heterocycles. The Kier molecular flexibility index (Phi) is 1.79. The summed E-state index contributed by atoms with van der Waals surface area (Å²) in [6.07, 6.45) is 2.89. The number of amidine groups is 1. The predicted molar refractivity (Wildman–Crippen MR) is 43.1 cm³/mol. The fourth-order valence-corrected chi connectivity index (χ4v) is 1.18. The van der Waals surface area contributed by atoms with Gasteiger partial charge in [0.15, 0.2) is 0 Å². The molecule has 10 heavy (non-hydrogen) atoms. The highest BCUT2D eigenvalue weighted by molar-refractivity contribution is 5.85. The molecule has 1 N–H and O–H groups in total. The maximum absolute atomic E-state index is 7.54.